The van der Waals surface area contributed by atoms with Crippen LogP contribution in [0.1, 0.15) is 32.3 Å². The monoisotopic (exact) mass is 419 g/mol. The summed E-state index contributed by atoms with van der Waals surface area (Å²) >= 11 is 0. The first kappa shape index (κ1) is 20.9. The van der Waals surface area contributed by atoms with Gasteiger partial charge in [-0.15, -0.1) is 0 Å². The molecule has 7 nitrogen and oxygen atoms in total. The number of halogens is 2. The topological polar surface area (TPSA) is 81.6 Å². The van der Waals surface area contributed by atoms with E-state index in [2.05, 4.69) is 27.1 Å². The molecule has 1 aromatic carbocycles. The number of hydrogen-bond donors (Lipinski definition) is 2. The Morgan fingerprint density at radius 2 is 1.87 bits per heavy atom. The fourth-order valence-corrected chi connectivity index (χ4v) is 4.44. The second kappa shape index (κ2) is 8.39. The van der Waals surface area contributed by atoms with E-state index < -0.39 is 6.43 Å². The number of β-amino-alcohol motifs (C(OH)–C–C–N with tert-alkyl or cyclic N) is 1. The number of likely N-dealkylation sites (tertiary alicyclic amines) is 1. The summed E-state index contributed by atoms with van der Waals surface area (Å²) in [7, 11) is 0. The van der Waals surface area contributed by atoms with E-state index in [9.17, 15) is 18.7 Å². The number of carbonyl (C=O) groups excluding carboxylic acids is 1. The number of hydrogen-bond acceptors (Lipinski definition) is 6. The minimum atomic E-state index is -2.62. The molecule has 2 fully saturated rings. The molecule has 2 aliphatic rings. The highest BCUT2D eigenvalue weighted by Crippen LogP contribution is 2.33. The van der Waals surface area contributed by atoms with Gasteiger partial charge in [-0.3, -0.25) is 19.7 Å². The van der Waals surface area contributed by atoms with E-state index in [4.69, 9.17) is 0 Å². The molecule has 2 aromatic rings. The van der Waals surface area contributed by atoms with E-state index in [0.29, 0.717) is 31.1 Å². The Labute approximate surface area is 174 Å². The number of aliphatic hydroxyl groups excluding tert-OH is 1. The number of rotatable bonds is 5. The molecule has 2 saturated heterocycles. The van der Waals surface area contributed by atoms with E-state index in [1.54, 1.807) is 6.07 Å². The standard InChI is InChI=1S/C21H27F2N5O2/c1-12-7-14(26-21(30)13(2)27-10-15(29)11-27)9-28(8-12)17-4-3-16(20(22)23)18-19(17)25-6-5-24-18/h3-6,12-15,20,29H,7-11H2,1-2H3,(H,26,30)/t12-,13?,14+/m0/s1. The molecule has 4 rings (SSSR count). The molecule has 0 saturated carbocycles. The lowest BCUT2D eigenvalue weighted by Gasteiger charge is -2.42. The van der Waals surface area contributed by atoms with Crippen LogP contribution in [-0.2, 0) is 4.79 Å². The molecule has 0 spiro atoms. The average molecular weight is 419 g/mol. The molecule has 0 aliphatic carbocycles. The summed E-state index contributed by atoms with van der Waals surface area (Å²) in [5, 5.41) is 12.6. The van der Waals surface area contributed by atoms with Crippen LogP contribution in [0.25, 0.3) is 11.0 Å². The van der Waals surface area contributed by atoms with E-state index >= 15 is 0 Å². The number of nitrogens with zero attached hydrogens (tertiary/aromatic N) is 4. The van der Waals surface area contributed by atoms with Crippen molar-refractivity contribution < 1.29 is 18.7 Å². The highest BCUT2D eigenvalue weighted by Gasteiger charge is 2.34. The highest BCUT2D eigenvalue weighted by atomic mass is 19.3. The van der Waals surface area contributed by atoms with Crippen molar-refractivity contribution in [2.45, 2.75) is 44.9 Å². The number of aromatic nitrogens is 2. The maximum atomic E-state index is 13.4. The van der Waals surface area contributed by atoms with Crippen molar-refractivity contribution in [1.82, 2.24) is 20.2 Å². The van der Waals surface area contributed by atoms with Crippen molar-refractivity contribution in [3.63, 3.8) is 0 Å². The third-order valence-electron chi connectivity index (χ3n) is 6.03. The second-order valence-electron chi connectivity index (χ2n) is 8.46. The second-order valence-corrected chi connectivity index (χ2v) is 8.46. The predicted octanol–water partition coefficient (Wildman–Crippen LogP) is 1.96. The number of fused-ring (bicyclic) bond motifs is 1. The van der Waals surface area contributed by atoms with Gasteiger partial charge in [-0.25, -0.2) is 8.78 Å². The zero-order chi connectivity index (χ0) is 21.4. The first-order chi connectivity index (χ1) is 14.3. The SMILES string of the molecule is CC(C(=O)N[C@@H]1C[C@H](C)CN(c2ccc(C(F)F)c3nccnc23)C1)N1CC(O)C1. The summed E-state index contributed by atoms with van der Waals surface area (Å²) < 4.78 is 26.8. The number of nitrogens with one attached hydrogen (secondary N) is 1. The molecule has 0 radical (unpaired) electrons. The zero-order valence-electron chi connectivity index (χ0n) is 17.1. The summed E-state index contributed by atoms with van der Waals surface area (Å²) in [6.07, 6.45) is 0.810. The van der Waals surface area contributed by atoms with Gasteiger partial charge in [0.05, 0.1) is 23.3 Å². The fraction of sp³-hybridized carbons (Fsp3) is 0.571. The van der Waals surface area contributed by atoms with Crippen LogP contribution in [0, 0.1) is 5.92 Å². The van der Waals surface area contributed by atoms with E-state index in [-0.39, 0.29) is 35.2 Å². The quantitative estimate of drug-likeness (QED) is 0.771. The number of benzene rings is 1. The normalized spacial score (nSPS) is 24.1. The lowest BCUT2D eigenvalue weighted by Crippen LogP contribution is -2.60. The smallest absolute Gasteiger partial charge is 0.266 e. The van der Waals surface area contributed by atoms with E-state index in [1.807, 2.05) is 11.8 Å². The van der Waals surface area contributed by atoms with Gasteiger partial charge in [-0.2, -0.15) is 0 Å². The van der Waals surface area contributed by atoms with Crippen LogP contribution in [0.4, 0.5) is 14.5 Å². The van der Waals surface area contributed by atoms with E-state index in [1.165, 1.54) is 18.5 Å². The lowest BCUT2D eigenvalue weighted by atomic mass is 9.94. The summed E-state index contributed by atoms with van der Waals surface area (Å²) in [5.41, 5.74) is 1.31. The van der Waals surface area contributed by atoms with Crippen molar-refractivity contribution >= 4 is 22.6 Å². The molecule has 1 amide bonds. The number of anilines is 1. The van der Waals surface area contributed by atoms with Crippen LogP contribution < -0.4 is 10.2 Å². The first-order valence-corrected chi connectivity index (χ1v) is 10.3. The Morgan fingerprint density at radius 1 is 1.17 bits per heavy atom. The van der Waals surface area contributed by atoms with Gasteiger partial charge in [-0.1, -0.05) is 6.92 Å². The molecule has 0 bridgehead atoms. The molecule has 1 unspecified atom stereocenters. The molecule has 1 aromatic heterocycles. The minimum Gasteiger partial charge on any atom is -0.390 e. The van der Waals surface area contributed by atoms with Gasteiger partial charge in [0.1, 0.15) is 5.52 Å². The average Bonchev–Trinajstić information content (AvgIpc) is 2.69. The molecule has 162 valence electrons. The third kappa shape index (κ3) is 4.09. The van der Waals surface area contributed by atoms with Gasteiger partial charge in [0.2, 0.25) is 5.91 Å². The lowest BCUT2D eigenvalue weighted by molar-refractivity contribution is -0.131. The summed E-state index contributed by atoms with van der Waals surface area (Å²) in [6.45, 7) is 6.32. The summed E-state index contributed by atoms with van der Waals surface area (Å²) in [5.74, 6) is 0.255. The summed E-state index contributed by atoms with van der Waals surface area (Å²) in [4.78, 5) is 25.2. The largest absolute Gasteiger partial charge is 0.390 e. The van der Waals surface area contributed by atoms with Gasteiger partial charge in [-0.05, 0) is 31.4 Å². The molecule has 2 N–H and O–H groups in total. The minimum absolute atomic E-state index is 0.0568. The number of piperidine rings is 1. The van der Waals surface area contributed by atoms with Crippen LogP contribution in [0.15, 0.2) is 24.5 Å². The predicted molar refractivity (Wildman–Crippen MR) is 109 cm³/mol. The van der Waals surface area contributed by atoms with Gasteiger partial charge in [0.15, 0.2) is 0 Å². The Balaban J connectivity index is 1.53. The van der Waals surface area contributed by atoms with Crippen LogP contribution in [0.2, 0.25) is 0 Å². The van der Waals surface area contributed by atoms with Gasteiger partial charge in [0.25, 0.3) is 6.43 Å². The third-order valence-corrected chi connectivity index (χ3v) is 6.03. The van der Waals surface area contributed by atoms with Crippen molar-refractivity contribution in [1.29, 1.82) is 0 Å². The summed E-state index contributed by atoms with van der Waals surface area (Å²) in [6, 6.07) is 2.74. The Hall–Kier alpha value is -2.39. The van der Waals surface area contributed by atoms with Crippen LogP contribution in [0.5, 0.6) is 0 Å². The maximum Gasteiger partial charge on any atom is 0.266 e. The van der Waals surface area contributed by atoms with Gasteiger partial charge in [0, 0.05) is 50.2 Å². The van der Waals surface area contributed by atoms with Crippen LogP contribution in [0.3, 0.4) is 0 Å². The van der Waals surface area contributed by atoms with Crippen LogP contribution >= 0.6 is 0 Å². The molecule has 3 atom stereocenters. The molecule has 30 heavy (non-hydrogen) atoms. The molecule has 2 aliphatic heterocycles. The molecular formula is C21H27F2N5O2. The molecule has 9 heteroatoms. The Bertz CT molecular complexity index is 921. The van der Waals surface area contributed by atoms with Gasteiger partial charge < -0.3 is 15.3 Å². The maximum absolute atomic E-state index is 13.4. The highest BCUT2D eigenvalue weighted by molar-refractivity contribution is 5.90. The number of amides is 1. The first-order valence-electron chi connectivity index (χ1n) is 10.3. The van der Waals surface area contributed by atoms with Crippen molar-refractivity contribution in [2.24, 2.45) is 5.92 Å². The fourth-order valence-electron chi connectivity index (χ4n) is 4.44. The number of carbonyl (C=O) groups is 1. The molecule has 3 heterocycles. The van der Waals surface area contributed by atoms with Crippen molar-refractivity contribution in [2.75, 3.05) is 31.1 Å². The Morgan fingerprint density at radius 3 is 2.53 bits per heavy atom. The number of aliphatic hydroxyl groups is 1. The number of alkyl halides is 2. The van der Waals surface area contributed by atoms with Crippen molar-refractivity contribution in [3.05, 3.63) is 30.1 Å². The van der Waals surface area contributed by atoms with Gasteiger partial charge >= 0.3 is 0 Å². The van der Waals surface area contributed by atoms with Crippen LogP contribution in [-0.4, -0.2) is 70.2 Å². The Kier molecular flexibility index (Phi) is 5.84. The van der Waals surface area contributed by atoms with E-state index in [0.717, 1.165) is 18.7 Å². The van der Waals surface area contributed by atoms with Crippen molar-refractivity contribution in [3.8, 4) is 0 Å². The molecular weight excluding hydrogens is 392 g/mol. The zero-order valence-corrected chi connectivity index (χ0v) is 17.1.